The van der Waals surface area contributed by atoms with E-state index in [1.807, 2.05) is 18.2 Å². The van der Waals surface area contributed by atoms with E-state index in [4.69, 9.17) is 9.47 Å². The Kier molecular flexibility index (Phi) is 5.77. The number of hydrogen-bond acceptors (Lipinski definition) is 3. The van der Waals surface area contributed by atoms with Gasteiger partial charge in [0.1, 0.15) is 0 Å². The lowest BCUT2D eigenvalue weighted by molar-refractivity contribution is 0.297. The number of aryl methyl sites for hydroxylation is 1. The van der Waals surface area contributed by atoms with Crippen molar-refractivity contribution in [3.8, 4) is 11.5 Å². The van der Waals surface area contributed by atoms with E-state index in [2.05, 4.69) is 46.8 Å². The largest absolute Gasteiger partial charge is 0.490 e. The van der Waals surface area contributed by atoms with Crippen LogP contribution in [0.15, 0.2) is 47.5 Å². The smallest absolute Gasteiger partial charge is 0.195 e. The molecule has 0 aromatic heterocycles. The van der Waals surface area contributed by atoms with Crippen LogP contribution in [0.25, 0.3) is 0 Å². The molecule has 25 heavy (non-hydrogen) atoms. The van der Waals surface area contributed by atoms with Gasteiger partial charge in [0, 0.05) is 31.8 Å². The fraction of sp³-hybridized carbons (Fsp3) is 0.350. The van der Waals surface area contributed by atoms with E-state index in [1.165, 1.54) is 11.1 Å². The van der Waals surface area contributed by atoms with Crippen molar-refractivity contribution in [2.45, 2.75) is 19.8 Å². The first-order valence-electron chi connectivity index (χ1n) is 8.67. The Bertz CT molecular complexity index is 743. The van der Waals surface area contributed by atoms with Crippen LogP contribution in [0.5, 0.6) is 11.5 Å². The molecule has 0 radical (unpaired) electrons. The van der Waals surface area contributed by atoms with E-state index in [0.717, 1.165) is 42.5 Å². The van der Waals surface area contributed by atoms with Crippen molar-refractivity contribution in [2.24, 2.45) is 4.99 Å². The molecule has 2 aromatic carbocycles. The lowest BCUT2D eigenvalue weighted by Gasteiger charge is -2.14. The number of fused-ring (bicyclic) bond motifs is 1. The van der Waals surface area contributed by atoms with Crippen molar-refractivity contribution in [1.82, 2.24) is 5.32 Å². The standard InChI is InChI=1S/C20H25N3O2/c1-15-5-3-6-16(13-15)9-10-22-20(21-2)23-17-7-8-18-19(14-17)25-12-4-11-24-18/h3,5-8,13-14H,4,9-12H2,1-2H3,(H2,21,22,23). The van der Waals surface area contributed by atoms with E-state index in [1.54, 1.807) is 7.05 Å². The fourth-order valence-electron chi connectivity index (χ4n) is 2.75. The van der Waals surface area contributed by atoms with E-state index >= 15 is 0 Å². The van der Waals surface area contributed by atoms with Crippen LogP contribution in [-0.2, 0) is 6.42 Å². The van der Waals surface area contributed by atoms with Crippen molar-refractivity contribution in [2.75, 3.05) is 32.1 Å². The third-order valence-electron chi connectivity index (χ3n) is 4.02. The monoisotopic (exact) mass is 339 g/mol. The van der Waals surface area contributed by atoms with Gasteiger partial charge in [-0.25, -0.2) is 0 Å². The topological polar surface area (TPSA) is 54.9 Å². The van der Waals surface area contributed by atoms with Crippen LogP contribution < -0.4 is 20.1 Å². The second kappa shape index (κ2) is 8.42. The quantitative estimate of drug-likeness (QED) is 0.662. The molecule has 5 heteroatoms. The van der Waals surface area contributed by atoms with Gasteiger partial charge >= 0.3 is 0 Å². The molecular weight excluding hydrogens is 314 g/mol. The zero-order valence-electron chi connectivity index (χ0n) is 14.8. The molecule has 2 N–H and O–H groups in total. The first-order valence-corrected chi connectivity index (χ1v) is 8.67. The van der Waals surface area contributed by atoms with E-state index in [9.17, 15) is 0 Å². The highest BCUT2D eigenvalue weighted by atomic mass is 16.5. The summed E-state index contributed by atoms with van der Waals surface area (Å²) in [6.45, 7) is 4.30. The second-order valence-electron chi connectivity index (χ2n) is 6.08. The minimum atomic E-state index is 0.680. The minimum absolute atomic E-state index is 0.680. The number of hydrogen-bond donors (Lipinski definition) is 2. The summed E-state index contributed by atoms with van der Waals surface area (Å²) in [6.07, 6.45) is 1.85. The maximum absolute atomic E-state index is 5.73. The highest BCUT2D eigenvalue weighted by molar-refractivity contribution is 5.93. The molecule has 0 aliphatic carbocycles. The van der Waals surface area contributed by atoms with Crippen LogP contribution in [0.2, 0.25) is 0 Å². The van der Waals surface area contributed by atoms with Crippen LogP contribution in [-0.4, -0.2) is 32.8 Å². The molecule has 0 saturated carbocycles. The van der Waals surface area contributed by atoms with Gasteiger partial charge in [-0.1, -0.05) is 29.8 Å². The molecule has 3 rings (SSSR count). The van der Waals surface area contributed by atoms with Gasteiger partial charge in [0.05, 0.1) is 13.2 Å². The van der Waals surface area contributed by atoms with Gasteiger partial charge in [0.25, 0.3) is 0 Å². The van der Waals surface area contributed by atoms with Crippen LogP contribution in [0.1, 0.15) is 17.5 Å². The van der Waals surface area contributed by atoms with Gasteiger partial charge in [0.2, 0.25) is 0 Å². The molecule has 0 spiro atoms. The Labute approximate surface area is 149 Å². The summed E-state index contributed by atoms with van der Waals surface area (Å²) in [5, 5.41) is 6.65. The Hall–Kier alpha value is -2.69. The van der Waals surface area contributed by atoms with Gasteiger partial charge in [-0.15, -0.1) is 0 Å². The van der Waals surface area contributed by atoms with Crippen molar-refractivity contribution >= 4 is 11.6 Å². The number of anilines is 1. The lowest BCUT2D eigenvalue weighted by Crippen LogP contribution is -2.32. The molecule has 2 aromatic rings. The fourth-order valence-corrected chi connectivity index (χ4v) is 2.75. The van der Waals surface area contributed by atoms with Crippen LogP contribution in [0, 0.1) is 6.92 Å². The molecule has 5 nitrogen and oxygen atoms in total. The molecule has 1 aliphatic heterocycles. The first kappa shape index (κ1) is 17.1. The molecule has 0 bridgehead atoms. The molecule has 0 saturated heterocycles. The van der Waals surface area contributed by atoms with Crippen LogP contribution >= 0.6 is 0 Å². The molecule has 0 unspecified atom stereocenters. The van der Waals surface area contributed by atoms with Gasteiger partial charge in [-0.3, -0.25) is 4.99 Å². The second-order valence-corrected chi connectivity index (χ2v) is 6.08. The SMILES string of the molecule is CN=C(NCCc1cccc(C)c1)Nc1ccc2c(c1)OCCCO2. The predicted molar refractivity (Wildman–Crippen MR) is 102 cm³/mol. The van der Waals surface area contributed by atoms with E-state index in [0.29, 0.717) is 13.2 Å². The summed E-state index contributed by atoms with van der Waals surface area (Å²) in [7, 11) is 1.77. The number of guanidine groups is 1. The Morgan fingerprint density at radius 1 is 1.08 bits per heavy atom. The summed E-state index contributed by atoms with van der Waals surface area (Å²) >= 11 is 0. The maximum atomic E-state index is 5.73. The first-order chi connectivity index (χ1) is 12.2. The van der Waals surface area contributed by atoms with Crippen LogP contribution in [0.3, 0.4) is 0 Å². The number of ether oxygens (including phenoxy) is 2. The zero-order valence-corrected chi connectivity index (χ0v) is 14.8. The number of rotatable bonds is 4. The van der Waals surface area contributed by atoms with Gasteiger partial charge in [-0.05, 0) is 31.0 Å². The molecule has 0 atom stereocenters. The van der Waals surface area contributed by atoms with Gasteiger partial charge < -0.3 is 20.1 Å². The highest BCUT2D eigenvalue weighted by Gasteiger charge is 2.11. The molecule has 132 valence electrons. The maximum Gasteiger partial charge on any atom is 0.195 e. The van der Waals surface area contributed by atoms with Crippen molar-refractivity contribution < 1.29 is 9.47 Å². The highest BCUT2D eigenvalue weighted by Crippen LogP contribution is 2.32. The third-order valence-corrected chi connectivity index (χ3v) is 4.02. The Morgan fingerprint density at radius 2 is 1.92 bits per heavy atom. The Morgan fingerprint density at radius 3 is 2.72 bits per heavy atom. The molecule has 0 fully saturated rings. The summed E-state index contributed by atoms with van der Waals surface area (Å²) in [5.74, 6) is 2.31. The van der Waals surface area contributed by atoms with Crippen molar-refractivity contribution in [3.63, 3.8) is 0 Å². The molecule has 0 amide bonds. The van der Waals surface area contributed by atoms with Crippen molar-refractivity contribution in [1.29, 1.82) is 0 Å². The Balaban J connectivity index is 1.56. The van der Waals surface area contributed by atoms with Crippen LogP contribution in [0.4, 0.5) is 5.69 Å². The van der Waals surface area contributed by atoms with E-state index in [-0.39, 0.29) is 0 Å². The third kappa shape index (κ3) is 4.89. The summed E-state index contributed by atoms with van der Waals surface area (Å²) in [4.78, 5) is 4.29. The molecular formula is C20H25N3O2. The predicted octanol–water partition coefficient (Wildman–Crippen LogP) is 3.39. The number of aliphatic imine (C=N–C) groups is 1. The molecule has 1 aliphatic rings. The summed E-state index contributed by atoms with van der Waals surface area (Å²) in [6, 6.07) is 14.4. The average molecular weight is 339 g/mol. The lowest BCUT2D eigenvalue weighted by atomic mass is 10.1. The van der Waals surface area contributed by atoms with Gasteiger partial charge in [-0.2, -0.15) is 0 Å². The average Bonchev–Trinajstić information content (AvgIpc) is 2.86. The normalized spacial score (nSPS) is 13.9. The number of benzene rings is 2. The van der Waals surface area contributed by atoms with E-state index < -0.39 is 0 Å². The summed E-state index contributed by atoms with van der Waals surface area (Å²) < 4.78 is 11.4. The summed E-state index contributed by atoms with van der Waals surface area (Å²) in [5.41, 5.74) is 3.53. The van der Waals surface area contributed by atoms with Gasteiger partial charge in [0.15, 0.2) is 17.5 Å². The number of nitrogens with one attached hydrogen (secondary N) is 2. The van der Waals surface area contributed by atoms with Crippen molar-refractivity contribution in [3.05, 3.63) is 53.6 Å². The zero-order chi connectivity index (χ0) is 17.5. The number of nitrogens with zero attached hydrogens (tertiary/aromatic N) is 1. The molecule has 1 heterocycles. The minimum Gasteiger partial charge on any atom is -0.490 e.